The van der Waals surface area contributed by atoms with Crippen LogP contribution in [0.3, 0.4) is 0 Å². The quantitative estimate of drug-likeness (QED) is 0.539. The summed E-state index contributed by atoms with van der Waals surface area (Å²) in [4.78, 5) is 23.2. The van der Waals surface area contributed by atoms with Crippen molar-refractivity contribution in [2.24, 2.45) is 0 Å². The van der Waals surface area contributed by atoms with Crippen LogP contribution in [0, 0.1) is 0 Å². The second-order valence-corrected chi connectivity index (χ2v) is 5.52. The first kappa shape index (κ1) is 16.5. The number of carbonyl (C=O) groups excluding carboxylic acids is 2. The molecule has 1 amide bonds. The van der Waals surface area contributed by atoms with Crippen LogP contribution >= 0.6 is 0 Å². The molecular weight excluding hydrogens is 314 g/mol. The SMILES string of the molecule is CC(=O)c1ccc(NC(=O)/C=C/c2ccc(-c3ccccc3)o2)cc1. The van der Waals surface area contributed by atoms with Crippen molar-refractivity contribution in [1.82, 2.24) is 0 Å². The largest absolute Gasteiger partial charge is 0.457 e. The Morgan fingerprint density at radius 2 is 1.64 bits per heavy atom. The number of nitrogens with one attached hydrogen (secondary N) is 1. The van der Waals surface area contributed by atoms with Crippen molar-refractivity contribution in [2.75, 3.05) is 5.32 Å². The number of ketones is 1. The van der Waals surface area contributed by atoms with Crippen molar-refractivity contribution >= 4 is 23.5 Å². The molecule has 1 aromatic heterocycles. The van der Waals surface area contributed by atoms with E-state index in [0.29, 0.717) is 17.0 Å². The molecule has 1 N–H and O–H groups in total. The molecule has 3 aromatic rings. The van der Waals surface area contributed by atoms with Crippen molar-refractivity contribution in [2.45, 2.75) is 6.92 Å². The van der Waals surface area contributed by atoms with Crippen LogP contribution in [0.5, 0.6) is 0 Å². The first-order valence-electron chi connectivity index (χ1n) is 7.87. The fourth-order valence-corrected chi connectivity index (χ4v) is 2.33. The zero-order chi connectivity index (χ0) is 17.6. The molecule has 0 radical (unpaired) electrons. The van der Waals surface area contributed by atoms with Gasteiger partial charge in [0.1, 0.15) is 11.5 Å². The van der Waals surface area contributed by atoms with Gasteiger partial charge in [-0.2, -0.15) is 0 Å². The van der Waals surface area contributed by atoms with Gasteiger partial charge in [-0.25, -0.2) is 0 Å². The summed E-state index contributed by atoms with van der Waals surface area (Å²) in [5.41, 5.74) is 2.22. The summed E-state index contributed by atoms with van der Waals surface area (Å²) in [6, 6.07) is 20.2. The summed E-state index contributed by atoms with van der Waals surface area (Å²) in [5, 5.41) is 2.74. The highest BCUT2D eigenvalue weighted by atomic mass is 16.3. The second kappa shape index (κ2) is 7.45. The average Bonchev–Trinajstić information content (AvgIpc) is 3.10. The van der Waals surface area contributed by atoms with Crippen molar-refractivity contribution in [3.05, 3.63) is 84.1 Å². The Labute approximate surface area is 145 Å². The number of furan rings is 1. The fraction of sp³-hybridized carbons (Fsp3) is 0.0476. The van der Waals surface area contributed by atoms with Crippen LogP contribution in [0.2, 0.25) is 0 Å². The highest BCUT2D eigenvalue weighted by Crippen LogP contribution is 2.22. The van der Waals surface area contributed by atoms with Gasteiger partial charge in [0.2, 0.25) is 5.91 Å². The van der Waals surface area contributed by atoms with Crippen molar-refractivity contribution < 1.29 is 14.0 Å². The van der Waals surface area contributed by atoms with Crippen molar-refractivity contribution in [1.29, 1.82) is 0 Å². The van der Waals surface area contributed by atoms with Gasteiger partial charge in [-0.3, -0.25) is 9.59 Å². The number of amides is 1. The van der Waals surface area contributed by atoms with E-state index in [-0.39, 0.29) is 11.7 Å². The van der Waals surface area contributed by atoms with Gasteiger partial charge in [0.25, 0.3) is 0 Å². The third kappa shape index (κ3) is 4.32. The average molecular weight is 331 g/mol. The number of carbonyl (C=O) groups is 2. The second-order valence-electron chi connectivity index (χ2n) is 5.52. The minimum atomic E-state index is -0.270. The van der Waals surface area contributed by atoms with E-state index in [9.17, 15) is 9.59 Å². The van der Waals surface area contributed by atoms with Gasteiger partial charge in [0.05, 0.1) is 0 Å². The van der Waals surface area contributed by atoms with Gasteiger partial charge in [-0.1, -0.05) is 30.3 Å². The van der Waals surface area contributed by atoms with Gasteiger partial charge in [0.15, 0.2) is 5.78 Å². The molecule has 4 heteroatoms. The minimum Gasteiger partial charge on any atom is -0.457 e. The highest BCUT2D eigenvalue weighted by Gasteiger charge is 2.04. The van der Waals surface area contributed by atoms with Crippen LogP contribution in [0.15, 0.2) is 77.2 Å². The predicted molar refractivity (Wildman–Crippen MR) is 98.3 cm³/mol. The maximum atomic E-state index is 12.0. The molecule has 0 aliphatic heterocycles. The van der Waals surface area contributed by atoms with Gasteiger partial charge >= 0.3 is 0 Å². The van der Waals surface area contributed by atoms with E-state index in [1.165, 1.54) is 13.0 Å². The normalized spacial score (nSPS) is 10.8. The molecule has 0 spiro atoms. The number of hydrogen-bond donors (Lipinski definition) is 1. The smallest absolute Gasteiger partial charge is 0.248 e. The van der Waals surface area contributed by atoms with E-state index in [0.717, 1.165) is 11.3 Å². The molecule has 0 saturated heterocycles. The van der Waals surface area contributed by atoms with Crippen LogP contribution in [0.1, 0.15) is 23.0 Å². The summed E-state index contributed by atoms with van der Waals surface area (Å²) in [7, 11) is 0. The zero-order valence-electron chi connectivity index (χ0n) is 13.7. The van der Waals surface area contributed by atoms with E-state index in [1.807, 2.05) is 42.5 Å². The molecule has 4 nitrogen and oxygen atoms in total. The van der Waals surface area contributed by atoms with Crippen LogP contribution in [0.4, 0.5) is 5.69 Å². The third-order valence-electron chi connectivity index (χ3n) is 3.64. The molecular formula is C21H17NO3. The summed E-state index contributed by atoms with van der Waals surface area (Å²) in [6.45, 7) is 1.50. The Morgan fingerprint density at radius 1 is 0.920 bits per heavy atom. The molecule has 0 aliphatic carbocycles. The number of hydrogen-bond acceptors (Lipinski definition) is 3. The molecule has 0 unspecified atom stereocenters. The molecule has 25 heavy (non-hydrogen) atoms. The Balaban J connectivity index is 1.63. The lowest BCUT2D eigenvalue weighted by atomic mass is 10.1. The molecule has 1 heterocycles. The van der Waals surface area contributed by atoms with Crippen LogP contribution in [0.25, 0.3) is 17.4 Å². The number of rotatable bonds is 5. The maximum absolute atomic E-state index is 12.0. The topological polar surface area (TPSA) is 59.3 Å². The highest BCUT2D eigenvalue weighted by molar-refractivity contribution is 6.02. The lowest BCUT2D eigenvalue weighted by molar-refractivity contribution is -0.111. The maximum Gasteiger partial charge on any atom is 0.248 e. The van der Waals surface area contributed by atoms with Crippen molar-refractivity contribution in [3.63, 3.8) is 0 Å². The molecule has 124 valence electrons. The number of anilines is 1. The Bertz CT molecular complexity index is 906. The molecule has 0 aliphatic rings. The zero-order valence-corrected chi connectivity index (χ0v) is 13.7. The Kier molecular flexibility index (Phi) is 4.90. The van der Waals surface area contributed by atoms with Gasteiger partial charge in [-0.05, 0) is 49.4 Å². The molecule has 3 rings (SSSR count). The van der Waals surface area contributed by atoms with E-state index in [1.54, 1.807) is 30.3 Å². The first-order valence-corrected chi connectivity index (χ1v) is 7.87. The van der Waals surface area contributed by atoms with E-state index < -0.39 is 0 Å². The standard InChI is InChI=1S/C21H17NO3/c1-15(23)16-7-9-18(10-8-16)22-21(24)14-12-19-11-13-20(25-19)17-5-3-2-4-6-17/h2-14H,1H3,(H,22,24)/b14-12+. The summed E-state index contributed by atoms with van der Waals surface area (Å²) >= 11 is 0. The number of Topliss-reactive ketones (excluding diaryl/α,β-unsaturated/α-hetero) is 1. The van der Waals surface area contributed by atoms with Crippen LogP contribution in [-0.4, -0.2) is 11.7 Å². The Morgan fingerprint density at radius 3 is 2.32 bits per heavy atom. The number of benzene rings is 2. The minimum absolute atomic E-state index is 0.00943. The predicted octanol–water partition coefficient (Wildman–Crippen LogP) is 4.80. The van der Waals surface area contributed by atoms with E-state index in [4.69, 9.17) is 4.42 Å². The molecule has 0 fully saturated rings. The lowest BCUT2D eigenvalue weighted by Crippen LogP contribution is -2.07. The van der Waals surface area contributed by atoms with Gasteiger partial charge < -0.3 is 9.73 Å². The van der Waals surface area contributed by atoms with Crippen LogP contribution in [-0.2, 0) is 4.79 Å². The van der Waals surface area contributed by atoms with E-state index >= 15 is 0 Å². The fourth-order valence-electron chi connectivity index (χ4n) is 2.33. The third-order valence-corrected chi connectivity index (χ3v) is 3.64. The monoisotopic (exact) mass is 331 g/mol. The van der Waals surface area contributed by atoms with Crippen LogP contribution < -0.4 is 5.32 Å². The lowest BCUT2D eigenvalue weighted by Gasteiger charge is -2.02. The first-order chi connectivity index (χ1) is 12.1. The molecule has 0 saturated carbocycles. The molecule has 0 bridgehead atoms. The molecule has 0 atom stereocenters. The van der Waals surface area contributed by atoms with Gasteiger partial charge in [-0.15, -0.1) is 0 Å². The van der Waals surface area contributed by atoms with Crippen molar-refractivity contribution in [3.8, 4) is 11.3 Å². The summed E-state index contributed by atoms with van der Waals surface area (Å²) in [6.07, 6.45) is 3.03. The van der Waals surface area contributed by atoms with Gasteiger partial charge in [0, 0.05) is 22.9 Å². The summed E-state index contributed by atoms with van der Waals surface area (Å²) < 4.78 is 5.71. The Hall–Kier alpha value is -3.40. The summed E-state index contributed by atoms with van der Waals surface area (Å²) in [5.74, 6) is 1.07. The van der Waals surface area contributed by atoms with E-state index in [2.05, 4.69) is 5.32 Å². The molecule has 2 aromatic carbocycles.